The maximum absolute atomic E-state index is 4.52. The second-order valence-corrected chi connectivity index (χ2v) is 6.26. The molecule has 0 saturated heterocycles. The summed E-state index contributed by atoms with van der Waals surface area (Å²) in [6, 6.07) is 0. The van der Waals surface area contributed by atoms with E-state index < -0.39 is 0 Å². The van der Waals surface area contributed by atoms with E-state index in [0.717, 1.165) is 25.0 Å². The fourth-order valence-electron chi connectivity index (χ4n) is 1.88. The molecule has 0 saturated carbocycles. The first kappa shape index (κ1) is 14.2. The molecule has 2 nitrogen and oxygen atoms in total. The summed E-state index contributed by atoms with van der Waals surface area (Å²) in [7, 11) is 2.03. The molecule has 1 heterocycles. The average molecular weight is 352 g/mol. The average Bonchev–Trinajstić information content (AvgIpc) is 2.55. The molecule has 0 bridgehead atoms. The van der Waals surface area contributed by atoms with Gasteiger partial charge < -0.3 is 0 Å². The van der Waals surface area contributed by atoms with E-state index in [1.54, 1.807) is 0 Å². The molecule has 0 N–H and O–H groups in total. The number of rotatable bonds is 5. The molecule has 1 rings (SSSR count). The number of aromatic nitrogens is 2. The molecule has 2 atom stereocenters. The van der Waals surface area contributed by atoms with Crippen LogP contribution < -0.4 is 0 Å². The quantitative estimate of drug-likeness (QED) is 0.730. The van der Waals surface area contributed by atoms with Gasteiger partial charge in [0.2, 0.25) is 0 Å². The number of halogens is 2. The van der Waals surface area contributed by atoms with Gasteiger partial charge in [0, 0.05) is 11.9 Å². The zero-order valence-electron chi connectivity index (χ0n) is 10.4. The lowest BCUT2D eigenvalue weighted by atomic mass is 10.00. The smallest absolute Gasteiger partial charge is 0.0766 e. The largest absolute Gasteiger partial charge is 0.271 e. The lowest BCUT2D eigenvalue weighted by Gasteiger charge is -2.16. The molecule has 2 unspecified atom stereocenters. The molecule has 0 aliphatic carbocycles. The zero-order valence-corrected chi connectivity index (χ0v) is 13.6. The van der Waals surface area contributed by atoms with Crippen LogP contribution in [0.5, 0.6) is 0 Å². The van der Waals surface area contributed by atoms with Gasteiger partial charge in [0.1, 0.15) is 0 Å². The third-order valence-corrected chi connectivity index (χ3v) is 5.49. The molecule has 0 aliphatic rings. The van der Waals surface area contributed by atoms with Gasteiger partial charge in [0.25, 0.3) is 0 Å². The molecule has 92 valence electrons. The second-order valence-electron chi connectivity index (χ2n) is 4.29. The maximum Gasteiger partial charge on any atom is 0.0766 e. The van der Waals surface area contributed by atoms with E-state index >= 15 is 0 Å². The molecule has 0 aromatic carbocycles. The highest BCUT2D eigenvalue weighted by molar-refractivity contribution is 9.10. The highest BCUT2D eigenvalue weighted by Crippen LogP contribution is 2.27. The third-order valence-electron chi connectivity index (χ3n) is 3.03. The molecule has 0 amide bonds. The maximum atomic E-state index is 4.52. The lowest BCUT2D eigenvalue weighted by Crippen LogP contribution is -2.14. The Kier molecular flexibility index (Phi) is 5.51. The topological polar surface area (TPSA) is 17.8 Å². The Morgan fingerprint density at radius 3 is 2.44 bits per heavy atom. The summed E-state index contributed by atoms with van der Waals surface area (Å²) >= 11 is 7.39. The van der Waals surface area contributed by atoms with Crippen molar-refractivity contribution < 1.29 is 0 Å². The summed E-state index contributed by atoms with van der Waals surface area (Å²) in [5.41, 5.74) is 2.47. The molecule has 0 spiro atoms. The van der Waals surface area contributed by atoms with E-state index in [2.05, 4.69) is 57.7 Å². The van der Waals surface area contributed by atoms with Crippen LogP contribution in [0, 0.1) is 5.92 Å². The van der Waals surface area contributed by atoms with Gasteiger partial charge >= 0.3 is 0 Å². The van der Waals surface area contributed by atoms with Gasteiger partial charge in [-0.3, -0.25) is 4.68 Å². The minimum absolute atomic E-state index is 0.583. The molecule has 4 heteroatoms. The summed E-state index contributed by atoms with van der Waals surface area (Å²) in [5.74, 6) is 0.626. The van der Waals surface area contributed by atoms with Crippen molar-refractivity contribution >= 4 is 31.9 Å². The lowest BCUT2D eigenvalue weighted by molar-refractivity contribution is 0.521. The van der Waals surface area contributed by atoms with Gasteiger partial charge in [0.15, 0.2) is 0 Å². The van der Waals surface area contributed by atoms with Crippen molar-refractivity contribution in [2.75, 3.05) is 0 Å². The first-order chi connectivity index (χ1) is 7.51. The highest BCUT2D eigenvalue weighted by atomic mass is 79.9. The van der Waals surface area contributed by atoms with Gasteiger partial charge in [-0.2, -0.15) is 5.10 Å². The van der Waals surface area contributed by atoms with Gasteiger partial charge in [-0.25, -0.2) is 0 Å². The van der Waals surface area contributed by atoms with Crippen molar-refractivity contribution in [2.24, 2.45) is 13.0 Å². The van der Waals surface area contributed by atoms with Crippen LogP contribution >= 0.6 is 31.9 Å². The summed E-state index contributed by atoms with van der Waals surface area (Å²) in [5, 5.41) is 4.52. The van der Waals surface area contributed by atoms with Crippen molar-refractivity contribution in [2.45, 2.75) is 44.9 Å². The summed E-state index contributed by atoms with van der Waals surface area (Å²) in [4.78, 5) is 0.583. The predicted molar refractivity (Wildman–Crippen MR) is 76.2 cm³/mol. The van der Waals surface area contributed by atoms with Gasteiger partial charge in [0.05, 0.1) is 15.9 Å². The van der Waals surface area contributed by atoms with Crippen LogP contribution in [0.2, 0.25) is 0 Å². The number of alkyl halides is 1. The minimum atomic E-state index is 0.583. The first-order valence-corrected chi connectivity index (χ1v) is 7.56. The van der Waals surface area contributed by atoms with E-state index in [4.69, 9.17) is 0 Å². The molecule has 1 aromatic rings. The Balaban J connectivity index is 2.84. The van der Waals surface area contributed by atoms with Crippen LogP contribution in [0.1, 0.15) is 38.6 Å². The number of aryl methyl sites for hydroxylation is 2. The Labute approximate surface area is 115 Å². The first-order valence-electron chi connectivity index (χ1n) is 5.85. The van der Waals surface area contributed by atoms with Crippen LogP contribution in [0.15, 0.2) is 4.47 Å². The van der Waals surface area contributed by atoms with Crippen LogP contribution in [0.3, 0.4) is 0 Å². The number of hydrogen-bond acceptors (Lipinski definition) is 1. The Hall–Kier alpha value is 0.170. The van der Waals surface area contributed by atoms with E-state index in [0.29, 0.717) is 10.7 Å². The minimum Gasteiger partial charge on any atom is -0.271 e. The Morgan fingerprint density at radius 2 is 2.00 bits per heavy atom. The van der Waals surface area contributed by atoms with Crippen molar-refractivity contribution in [1.29, 1.82) is 0 Å². The van der Waals surface area contributed by atoms with Gasteiger partial charge in [-0.1, -0.05) is 36.7 Å². The second kappa shape index (κ2) is 6.20. The van der Waals surface area contributed by atoms with Crippen LogP contribution in [0.25, 0.3) is 0 Å². The number of nitrogens with zero attached hydrogens (tertiary/aromatic N) is 2. The Bertz CT molecular complexity index is 347. The van der Waals surface area contributed by atoms with Crippen LogP contribution in [0.4, 0.5) is 0 Å². The summed E-state index contributed by atoms with van der Waals surface area (Å²) in [6.07, 6.45) is 3.21. The third kappa shape index (κ3) is 3.10. The van der Waals surface area contributed by atoms with Crippen molar-refractivity contribution in [3.63, 3.8) is 0 Å². The normalized spacial score (nSPS) is 15.1. The van der Waals surface area contributed by atoms with Crippen molar-refractivity contribution in [3.05, 3.63) is 15.9 Å². The molecule has 0 fully saturated rings. The van der Waals surface area contributed by atoms with E-state index in [1.165, 1.54) is 10.2 Å². The van der Waals surface area contributed by atoms with E-state index in [-0.39, 0.29) is 0 Å². The molecular formula is C12H20Br2N2. The standard InChI is InChI=1S/C12H20Br2N2/c1-5-9(13)8(3)7-11-12(14)10(6-2)15-16(11)4/h8-9H,5-7H2,1-4H3. The fourth-order valence-corrected chi connectivity index (χ4v) is 2.84. The fraction of sp³-hybridized carbons (Fsp3) is 0.750. The zero-order chi connectivity index (χ0) is 12.3. The Morgan fingerprint density at radius 1 is 1.38 bits per heavy atom. The molecule has 0 radical (unpaired) electrons. The molecular weight excluding hydrogens is 332 g/mol. The van der Waals surface area contributed by atoms with Crippen LogP contribution in [-0.4, -0.2) is 14.6 Å². The summed E-state index contributed by atoms with van der Waals surface area (Å²) < 4.78 is 3.20. The SMILES string of the molecule is CCc1nn(C)c(CC(C)C(Br)CC)c1Br. The highest BCUT2D eigenvalue weighted by Gasteiger charge is 2.18. The molecule has 16 heavy (non-hydrogen) atoms. The molecule has 0 aliphatic heterocycles. The molecule has 1 aromatic heterocycles. The van der Waals surface area contributed by atoms with Gasteiger partial charge in [-0.15, -0.1) is 0 Å². The predicted octanol–water partition coefficient (Wildman–Crippen LogP) is 4.10. The van der Waals surface area contributed by atoms with E-state index in [9.17, 15) is 0 Å². The monoisotopic (exact) mass is 350 g/mol. The van der Waals surface area contributed by atoms with Crippen LogP contribution in [-0.2, 0) is 19.9 Å². The van der Waals surface area contributed by atoms with Crippen molar-refractivity contribution in [3.8, 4) is 0 Å². The number of hydrogen-bond donors (Lipinski definition) is 0. The van der Waals surface area contributed by atoms with Crippen molar-refractivity contribution in [1.82, 2.24) is 9.78 Å². The summed E-state index contributed by atoms with van der Waals surface area (Å²) in [6.45, 7) is 6.64. The van der Waals surface area contributed by atoms with E-state index in [1.807, 2.05) is 11.7 Å². The van der Waals surface area contributed by atoms with Gasteiger partial charge in [-0.05, 0) is 41.1 Å².